The van der Waals surface area contributed by atoms with Crippen LogP contribution in [0.4, 0.5) is 0 Å². The molecule has 8 heteroatoms. The van der Waals surface area contributed by atoms with E-state index in [1.165, 1.54) is 10.4 Å². The van der Waals surface area contributed by atoms with Crippen LogP contribution in [0.3, 0.4) is 0 Å². The Kier molecular flexibility index (Phi) is 5.53. The Hall–Kier alpha value is -2.12. The standard InChI is InChI=1S/C21H18Cl2N2O3S/c22-19-8-6-17(14-20(19)23)21(26)24-9-11-25(12-10-24)29(27,28)18-7-5-15-3-1-2-4-16(15)13-18/h1-8,13-14H,9-12H2. The van der Waals surface area contributed by atoms with Gasteiger partial charge in [-0.15, -0.1) is 0 Å². The zero-order chi connectivity index (χ0) is 20.6. The number of rotatable bonds is 3. The molecule has 0 spiro atoms. The molecule has 3 aromatic rings. The van der Waals surface area contributed by atoms with Crippen molar-refractivity contribution in [3.63, 3.8) is 0 Å². The molecule has 1 heterocycles. The first-order chi connectivity index (χ1) is 13.9. The number of carbonyl (C=O) groups excluding carboxylic acids is 1. The summed E-state index contributed by atoms with van der Waals surface area (Å²) in [7, 11) is -3.62. The normalized spacial score (nSPS) is 15.6. The molecule has 1 fully saturated rings. The molecule has 29 heavy (non-hydrogen) atoms. The van der Waals surface area contributed by atoms with Gasteiger partial charge in [-0.25, -0.2) is 8.42 Å². The van der Waals surface area contributed by atoms with Gasteiger partial charge in [0.25, 0.3) is 5.91 Å². The van der Waals surface area contributed by atoms with E-state index in [2.05, 4.69) is 0 Å². The van der Waals surface area contributed by atoms with Gasteiger partial charge >= 0.3 is 0 Å². The number of piperazine rings is 1. The van der Waals surface area contributed by atoms with Crippen molar-refractivity contribution in [1.29, 1.82) is 0 Å². The van der Waals surface area contributed by atoms with Gasteiger partial charge in [-0.1, -0.05) is 53.5 Å². The van der Waals surface area contributed by atoms with Gasteiger partial charge in [0.15, 0.2) is 0 Å². The van der Waals surface area contributed by atoms with E-state index in [-0.39, 0.29) is 23.9 Å². The van der Waals surface area contributed by atoms with Crippen molar-refractivity contribution in [2.24, 2.45) is 0 Å². The van der Waals surface area contributed by atoms with E-state index in [9.17, 15) is 13.2 Å². The molecule has 150 valence electrons. The van der Waals surface area contributed by atoms with Gasteiger partial charge in [0.1, 0.15) is 0 Å². The molecule has 1 aliphatic heterocycles. The molecular weight excluding hydrogens is 431 g/mol. The predicted octanol–water partition coefficient (Wildman–Crippen LogP) is 4.29. The highest BCUT2D eigenvalue weighted by molar-refractivity contribution is 7.89. The monoisotopic (exact) mass is 448 g/mol. The number of hydrogen-bond acceptors (Lipinski definition) is 3. The van der Waals surface area contributed by atoms with Gasteiger partial charge in [0, 0.05) is 31.7 Å². The van der Waals surface area contributed by atoms with Gasteiger partial charge in [-0.3, -0.25) is 4.79 Å². The van der Waals surface area contributed by atoms with Crippen LogP contribution in [0.5, 0.6) is 0 Å². The highest BCUT2D eigenvalue weighted by Crippen LogP contribution is 2.25. The lowest BCUT2D eigenvalue weighted by Crippen LogP contribution is -2.50. The molecule has 3 aromatic carbocycles. The van der Waals surface area contributed by atoms with Crippen LogP contribution in [0.15, 0.2) is 65.6 Å². The average molecular weight is 449 g/mol. The summed E-state index contributed by atoms with van der Waals surface area (Å²) < 4.78 is 27.5. The van der Waals surface area contributed by atoms with Crippen molar-refractivity contribution in [1.82, 2.24) is 9.21 Å². The third kappa shape index (κ3) is 3.98. The second-order valence-electron chi connectivity index (χ2n) is 6.83. The minimum absolute atomic E-state index is 0.189. The summed E-state index contributed by atoms with van der Waals surface area (Å²) in [5.74, 6) is -0.189. The number of nitrogens with zero attached hydrogens (tertiary/aromatic N) is 2. The Labute approximate surface area is 179 Å². The van der Waals surface area contributed by atoms with Crippen molar-refractivity contribution < 1.29 is 13.2 Å². The second kappa shape index (κ2) is 7.95. The first kappa shape index (κ1) is 20.2. The molecule has 5 nitrogen and oxygen atoms in total. The maximum atomic E-state index is 13.0. The lowest BCUT2D eigenvalue weighted by molar-refractivity contribution is 0.0698. The molecule has 0 radical (unpaired) electrons. The quantitative estimate of drug-likeness (QED) is 0.600. The molecule has 0 atom stereocenters. The minimum Gasteiger partial charge on any atom is -0.336 e. The van der Waals surface area contributed by atoms with Crippen LogP contribution in [-0.2, 0) is 10.0 Å². The van der Waals surface area contributed by atoms with Crippen molar-refractivity contribution in [2.75, 3.05) is 26.2 Å². The molecular formula is C21H18Cl2N2O3S. The third-order valence-electron chi connectivity index (χ3n) is 5.05. The van der Waals surface area contributed by atoms with Crippen molar-refractivity contribution >= 4 is 49.9 Å². The van der Waals surface area contributed by atoms with Crippen LogP contribution < -0.4 is 0 Å². The fourth-order valence-corrected chi connectivity index (χ4v) is 5.18. The third-order valence-corrected chi connectivity index (χ3v) is 7.68. The Bertz CT molecular complexity index is 1190. The molecule has 1 aliphatic rings. The number of halogens is 2. The van der Waals surface area contributed by atoms with Crippen LogP contribution in [0.1, 0.15) is 10.4 Å². The second-order valence-corrected chi connectivity index (χ2v) is 9.59. The summed E-state index contributed by atoms with van der Waals surface area (Å²) in [5, 5.41) is 2.56. The van der Waals surface area contributed by atoms with Crippen LogP contribution in [0.25, 0.3) is 10.8 Å². The molecule has 1 amide bonds. The highest BCUT2D eigenvalue weighted by atomic mass is 35.5. The topological polar surface area (TPSA) is 57.7 Å². The molecule has 0 N–H and O–H groups in total. The molecule has 0 saturated carbocycles. The number of sulfonamides is 1. The molecule has 0 aromatic heterocycles. The number of hydrogen-bond donors (Lipinski definition) is 0. The van der Waals surface area contributed by atoms with Gasteiger partial charge < -0.3 is 4.90 Å². The van der Waals surface area contributed by atoms with E-state index < -0.39 is 10.0 Å². The summed E-state index contributed by atoms with van der Waals surface area (Å²) in [6, 6.07) is 17.5. The maximum absolute atomic E-state index is 13.0. The smallest absolute Gasteiger partial charge is 0.253 e. The minimum atomic E-state index is -3.62. The van der Waals surface area contributed by atoms with Crippen LogP contribution in [0, 0.1) is 0 Å². The fraction of sp³-hybridized carbons (Fsp3) is 0.190. The highest BCUT2D eigenvalue weighted by Gasteiger charge is 2.30. The molecule has 4 rings (SSSR count). The maximum Gasteiger partial charge on any atom is 0.253 e. The predicted molar refractivity (Wildman–Crippen MR) is 115 cm³/mol. The molecule has 0 unspecified atom stereocenters. The van der Waals surface area contributed by atoms with Gasteiger partial charge in [0.2, 0.25) is 10.0 Å². The molecule has 0 bridgehead atoms. The zero-order valence-corrected chi connectivity index (χ0v) is 17.7. The van der Waals surface area contributed by atoms with Crippen molar-refractivity contribution in [3.8, 4) is 0 Å². The van der Waals surface area contributed by atoms with E-state index in [0.29, 0.717) is 28.7 Å². The number of benzene rings is 3. The summed E-state index contributed by atoms with van der Waals surface area (Å²) >= 11 is 11.9. The van der Waals surface area contributed by atoms with E-state index in [1.807, 2.05) is 30.3 Å². The number of amides is 1. The fourth-order valence-electron chi connectivity index (χ4n) is 3.42. The number of fused-ring (bicyclic) bond motifs is 1. The molecule has 1 saturated heterocycles. The van der Waals surface area contributed by atoms with E-state index in [4.69, 9.17) is 23.2 Å². The Morgan fingerprint density at radius 2 is 1.48 bits per heavy atom. The van der Waals surface area contributed by atoms with Crippen LogP contribution in [0.2, 0.25) is 10.0 Å². The lowest BCUT2D eigenvalue weighted by Gasteiger charge is -2.34. The largest absolute Gasteiger partial charge is 0.336 e. The first-order valence-electron chi connectivity index (χ1n) is 9.09. The lowest BCUT2D eigenvalue weighted by atomic mass is 10.1. The Morgan fingerprint density at radius 1 is 0.793 bits per heavy atom. The molecule has 0 aliphatic carbocycles. The van der Waals surface area contributed by atoms with E-state index >= 15 is 0 Å². The summed E-state index contributed by atoms with van der Waals surface area (Å²) in [5.41, 5.74) is 0.435. The van der Waals surface area contributed by atoms with E-state index in [0.717, 1.165) is 10.8 Å². The van der Waals surface area contributed by atoms with Crippen molar-refractivity contribution in [3.05, 3.63) is 76.3 Å². The van der Waals surface area contributed by atoms with Crippen molar-refractivity contribution in [2.45, 2.75) is 4.90 Å². The van der Waals surface area contributed by atoms with Crippen LogP contribution >= 0.6 is 23.2 Å². The van der Waals surface area contributed by atoms with Crippen LogP contribution in [-0.4, -0.2) is 49.7 Å². The van der Waals surface area contributed by atoms with Gasteiger partial charge in [-0.05, 0) is 41.1 Å². The average Bonchev–Trinajstić information content (AvgIpc) is 2.75. The SMILES string of the molecule is O=C(c1ccc(Cl)c(Cl)c1)N1CCN(S(=O)(=O)c2ccc3ccccc3c2)CC1. The number of carbonyl (C=O) groups is 1. The zero-order valence-electron chi connectivity index (χ0n) is 15.4. The Balaban J connectivity index is 1.49. The van der Waals surface area contributed by atoms with Gasteiger partial charge in [-0.2, -0.15) is 4.31 Å². The Morgan fingerprint density at radius 3 is 2.17 bits per heavy atom. The summed E-state index contributed by atoms with van der Waals surface area (Å²) in [6.07, 6.45) is 0. The summed E-state index contributed by atoms with van der Waals surface area (Å²) in [6.45, 7) is 1.10. The van der Waals surface area contributed by atoms with Gasteiger partial charge in [0.05, 0.1) is 14.9 Å². The first-order valence-corrected chi connectivity index (χ1v) is 11.3. The van der Waals surface area contributed by atoms with E-state index in [1.54, 1.807) is 29.2 Å². The summed E-state index contributed by atoms with van der Waals surface area (Å²) in [4.78, 5) is 14.6.